The molecule has 0 saturated carbocycles. The second-order valence-electron chi connectivity index (χ2n) is 6.69. The summed E-state index contributed by atoms with van der Waals surface area (Å²) in [7, 11) is -3.40. The maximum Gasteiger partial charge on any atom is 0.339 e. The monoisotopic (exact) mass is 412 g/mol. The molecule has 0 bridgehead atoms. The molecule has 0 radical (unpaired) electrons. The third-order valence-electron chi connectivity index (χ3n) is 4.19. The third-order valence-corrected chi connectivity index (χ3v) is 4.80. The number of ketones is 1. The molecule has 0 fully saturated rings. The van der Waals surface area contributed by atoms with Crippen LogP contribution in [0.1, 0.15) is 33.3 Å². The van der Waals surface area contributed by atoms with Crippen LogP contribution in [0, 0.1) is 6.92 Å². The Bertz CT molecular complexity index is 1190. The Balaban J connectivity index is 1.77. The van der Waals surface area contributed by atoms with E-state index in [-0.39, 0.29) is 5.78 Å². The van der Waals surface area contributed by atoms with Crippen LogP contribution >= 0.6 is 0 Å². The fraction of sp³-hybridized carbons (Fsp3) is 0.190. The maximum absolute atomic E-state index is 12.7. The van der Waals surface area contributed by atoms with Crippen LogP contribution in [0.5, 0.6) is 0 Å². The van der Waals surface area contributed by atoms with Crippen molar-refractivity contribution >= 4 is 38.4 Å². The molecule has 0 amide bonds. The van der Waals surface area contributed by atoms with Crippen LogP contribution in [-0.2, 0) is 14.8 Å². The van der Waals surface area contributed by atoms with Crippen molar-refractivity contribution in [1.82, 2.24) is 4.98 Å². The van der Waals surface area contributed by atoms with E-state index in [9.17, 15) is 18.0 Å². The summed E-state index contributed by atoms with van der Waals surface area (Å²) >= 11 is 0. The summed E-state index contributed by atoms with van der Waals surface area (Å²) in [6, 6.07) is 14.8. The highest BCUT2D eigenvalue weighted by atomic mass is 32.2. The van der Waals surface area contributed by atoms with Gasteiger partial charge in [0.2, 0.25) is 15.8 Å². The van der Waals surface area contributed by atoms with E-state index in [1.165, 1.54) is 31.2 Å². The summed E-state index contributed by atoms with van der Waals surface area (Å²) in [4.78, 5) is 29.7. The molecule has 0 aliphatic rings. The molecule has 0 aliphatic heterocycles. The van der Waals surface area contributed by atoms with Gasteiger partial charge in [-0.15, -0.1) is 0 Å². The molecule has 1 atom stereocenters. The predicted octanol–water partition coefficient (Wildman–Crippen LogP) is 3.34. The summed E-state index contributed by atoms with van der Waals surface area (Å²) in [5.74, 6) is -0.998. The number of hydrogen-bond acceptors (Lipinski definition) is 6. The lowest BCUT2D eigenvalue weighted by Crippen LogP contribution is -2.24. The zero-order chi connectivity index (χ0) is 21.2. The summed E-state index contributed by atoms with van der Waals surface area (Å²) in [5, 5.41) is 0.652. The van der Waals surface area contributed by atoms with Crippen LogP contribution < -0.4 is 4.72 Å². The Labute approximate surface area is 168 Å². The number of sulfonamides is 1. The van der Waals surface area contributed by atoms with Gasteiger partial charge in [-0.05, 0) is 50.2 Å². The lowest BCUT2D eigenvalue weighted by atomic mass is 10.1. The highest BCUT2D eigenvalue weighted by Gasteiger charge is 2.22. The molecule has 29 heavy (non-hydrogen) atoms. The number of rotatable bonds is 6. The van der Waals surface area contributed by atoms with Crippen molar-refractivity contribution in [2.75, 3.05) is 11.0 Å². The molecule has 150 valence electrons. The molecule has 2 aromatic carbocycles. The first-order valence-corrected chi connectivity index (χ1v) is 10.7. The number of aryl methyl sites for hydroxylation is 1. The fourth-order valence-corrected chi connectivity index (χ4v) is 3.47. The number of para-hydroxylation sites is 1. The van der Waals surface area contributed by atoms with Crippen molar-refractivity contribution in [2.24, 2.45) is 0 Å². The number of ether oxygens (including phenoxy) is 1. The van der Waals surface area contributed by atoms with Gasteiger partial charge in [0.25, 0.3) is 0 Å². The van der Waals surface area contributed by atoms with Gasteiger partial charge in [-0.25, -0.2) is 13.2 Å². The van der Waals surface area contributed by atoms with Crippen molar-refractivity contribution in [3.63, 3.8) is 0 Å². The van der Waals surface area contributed by atoms with Crippen LogP contribution in [-0.4, -0.2) is 37.5 Å². The Kier molecular flexibility index (Phi) is 5.65. The summed E-state index contributed by atoms with van der Waals surface area (Å²) < 4.78 is 30.2. The van der Waals surface area contributed by atoms with E-state index in [1.54, 1.807) is 31.2 Å². The zero-order valence-electron chi connectivity index (χ0n) is 16.2. The number of fused-ring (bicyclic) bond motifs is 1. The van der Waals surface area contributed by atoms with Crippen molar-refractivity contribution in [3.8, 4) is 0 Å². The normalized spacial score (nSPS) is 12.4. The van der Waals surface area contributed by atoms with Crippen LogP contribution in [0.3, 0.4) is 0 Å². The van der Waals surface area contributed by atoms with Crippen molar-refractivity contribution < 1.29 is 22.7 Å². The molecule has 1 N–H and O–H groups in total. The largest absolute Gasteiger partial charge is 0.451 e. The average Bonchev–Trinajstić information content (AvgIpc) is 2.66. The van der Waals surface area contributed by atoms with E-state index in [0.29, 0.717) is 33.4 Å². The Hall–Kier alpha value is -3.26. The minimum absolute atomic E-state index is 0.306. The van der Waals surface area contributed by atoms with Gasteiger partial charge in [-0.3, -0.25) is 14.5 Å². The van der Waals surface area contributed by atoms with E-state index >= 15 is 0 Å². The van der Waals surface area contributed by atoms with Gasteiger partial charge in [0.1, 0.15) is 0 Å². The quantitative estimate of drug-likeness (QED) is 0.492. The molecule has 8 heteroatoms. The number of anilines is 1. The van der Waals surface area contributed by atoms with E-state index in [2.05, 4.69) is 9.71 Å². The van der Waals surface area contributed by atoms with Gasteiger partial charge in [0.05, 0.1) is 17.3 Å². The average molecular weight is 412 g/mol. The highest BCUT2D eigenvalue weighted by molar-refractivity contribution is 7.92. The molecule has 0 spiro atoms. The van der Waals surface area contributed by atoms with Gasteiger partial charge >= 0.3 is 5.97 Å². The topological polar surface area (TPSA) is 102 Å². The van der Waals surface area contributed by atoms with Crippen molar-refractivity contribution in [1.29, 1.82) is 0 Å². The number of pyridine rings is 1. The second kappa shape index (κ2) is 8.00. The number of carbonyl (C=O) groups excluding carboxylic acids is 2. The van der Waals surface area contributed by atoms with Gasteiger partial charge < -0.3 is 4.74 Å². The highest BCUT2D eigenvalue weighted by Crippen LogP contribution is 2.20. The zero-order valence-corrected chi connectivity index (χ0v) is 17.0. The Morgan fingerprint density at radius 1 is 1.07 bits per heavy atom. The lowest BCUT2D eigenvalue weighted by molar-refractivity contribution is 0.0320. The van der Waals surface area contributed by atoms with Crippen LogP contribution in [0.2, 0.25) is 0 Å². The second-order valence-corrected chi connectivity index (χ2v) is 8.44. The molecule has 0 saturated heterocycles. The summed E-state index contributed by atoms with van der Waals surface area (Å²) in [6.07, 6.45) is 0.0291. The molecule has 1 heterocycles. The Morgan fingerprint density at radius 3 is 2.38 bits per heavy atom. The van der Waals surface area contributed by atoms with Gasteiger partial charge in [-0.2, -0.15) is 0 Å². The number of nitrogens with one attached hydrogen (secondary N) is 1. The first kappa shape index (κ1) is 20.5. The van der Waals surface area contributed by atoms with E-state index < -0.39 is 22.1 Å². The summed E-state index contributed by atoms with van der Waals surface area (Å²) in [6.45, 7) is 3.28. The van der Waals surface area contributed by atoms with Crippen molar-refractivity contribution in [2.45, 2.75) is 20.0 Å². The number of hydrogen-bond donors (Lipinski definition) is 1. The fourth-order valence-electron chi connectivity index (χ4n) is 2.91. The first-order valence-electron chi connectivity index (χ1n) is 8.83. The van der Waals surface area contributed by atoms with Crippen LogP contribution in [0.4, 0.5) is 5.69 Å². The molecule has 3 rings (SSSR count). The van der Waals surface area contributed by atoms with Crippen molar-refractivity contribution in [3.05, 3.63) is 71.4 Å². The number of carbonyl (C=O) groups is 2. The Morgan fingerprint density at radius 2 is 1.72 bits per heavy atom. The maximum atomic E-state index is 12.7. The van der Waals surface area contributed by atoms with Crippen LogP contribution in [0.25, 0.3) is 10.9 Å². The minimum atomic E-state index is -3.40. The molecule has 1 aromatic heterocycles. The SMILES string of the molecule is Cc1cc(C(=O)O[C@H](C)C(=O)c2ccc(NS(C)(=O)=O)cc2)c2ccccc2n1. The molecule has 3 aromatic rings. The lowest BCUT2D eigenvalue weighted by Gasteiger charge is -2.14. The number of Topliss-reactive ketones (excluding diaryl/α,β-unsaturated/α-hetero) is 1. The van der Waals surface area contributed by atoms with E-state index in [1.807, 2.05) is 6.07 Å². The summed E-state index contributed by atoms with van der Waals surface area (Å²) in [5.41, 5.74) is 2.34. The molecular formula is C21H20N2O5S. The van der Waals surface area contributed by atoms with Gasteiger partial charge in [0.15, 0.2) is 6.10 Å². The van der Waals surface area contributed by atoms with E-state index in [4.69, 9.17) is 4.74 Å². The third kappa shape index (κ3) is 4.97. The van der Waals surface area contributed by atoms with Gasteiger partial charge in [0, 0.05) is 22.3 Å². The molecule has 0 unspecified atom stereocenters. The smallest absolute Gasteiger partial charge is 0.339 e. The number of nitrogens with zero attached hydrogens (tertiary/aromatic N) is 1. The van der Waals surface area contributed by atoms with Gasteiger partial charge in [-0.1, -0.05) is 18.2 Å². The standard InChI is InChI=1S/C21H20N2O5S/c1-13-12-18(17-6-4-5-7-19(17)22-13)21(25)28-14(2)20(24)15-8-10-16(11-9-15)23-29(3,26)27/h4-12,14,23H,1-3H3/t14-/m1/s1. The first-order chi connectivity index (χ1) is 13.6. The number of aromatic nitrogens is 1. The molecular weight excluding hydrogens is 392 g/mol. The van der Waals surface area contributed by atoms with E-state index in [0.717, 1.165) is 6.26 Å². The minimum Gasteiger partial charge on any atom is -0.451 e. The molecule has 7 nitrogen and oxygen atoms in total. The predicted molar refractivity (Wildman–Crippen MR) is 111 cm³/mol. The number of esters is 1. The number of benzene rings is 2. The molecule has 0 aliphatic carbocycles. The van der Waals surface area contributed by atoms with Crippen LogP contribution in [0.15, 0.2) is 54.6 Å².